The number of hydrogen-bond acceptors (Lipinski definition) is 5. The number of para-hydroxylation sites is 1. The highest BCUT2D eigenvalue weighted by molar-refractivity contribution is 5.93. The van der Waals surface area contributed by atoms with Gasteiger partial charge in [0, 0.05) is 44.5 Å². The highest BCUT2D eigenvalue weighted by atomic mass is 16.2. The van der Waals surface area contributed by atoms with E-state index in [4.69, 9.17) is 0 Å². The zero-order chi connectivity index (χ0) is 23.2. The van der Waals surface area contributed by atoms with Gasteiger partial charge in [-0.05, 0) is 45.7 Å². The largest absolute Gasteiger partial charge is 0.350 e. The first kappa shape index (κ1) is 24.8. The van der Waals surface area contributed by atoms with Crippen LogP contribution in [-0.4, -0.2) is 90.8 Å². The van der Waals surface area contributed by atoms with E-state index in [1.807, 2.05) is 52.8 Å². The molecule has 8 nitrogen and oxygen atoms in total. The van der Waals surface area contributed by atoms with Gasteiger partial charge in [0.2, 0.25) is 17.7 Å². The van der Waals surface area contributed by atoms with Crippen LogP contribution in [0.4, 0.5) is 5.69 Å². The van der Waals surface area contributed by atoms with E-state index < -0.39 is 0 Å². The summed E-state index contributed by atoms with van der Waals surface area (Å²) in [5.41, 5.74) is 2.67. The molecule has 1 aliphatic heterocycles. The summed E-state index contributed by atoms with van der Waals surface area (Å²) in [7, 11) is 1.65. The number of amides is 3. The van der Waals surface area contributed by atoms with Crippen LogP contribution >= 0.6 is 0 Å². The molecule has 1 aliphatic rings. The Labute approximate surface area is 185 Å². The normalized spacial score (nSPS) is 15.4. The fourth-order valence-corrected chi connectivity index (χ4v) is 3.57. The quantitative estimate of drug-likeness (QED) is 0.678. The minimum Gasteiger partial charge on any atom is -0.350 e. The van der Waals surface area contributed by atoms with Crippen LogP contribution in [0.25, 0.3) is 0 Å². The first-order valence-electron chi connectivity index (χ1n) is 10.8. The van der Waals surface area contributed by atoms with Gasteiger partial charge < -0.3 is 15.5 Å². The van der Waals surface area contributed by atoms with E-state index in [0.29, 0.717) is 19.6 Å². The molecule has 0 aliphatic carbocycles. The molecule has 1 heterocycles. The maximum atomic E-state index is 12.5. The lowest BCUT2D eigenvalue weighted by atomic mass is 10.1. The summed E-state index contributed by atoms with van der Waals surface area (Å²) < 4.78 is 0. The van der Waals surface area contributed by atoms with Gasteiger partial charge in [0.1, 0.15) is 0 Å². The number of nitrogens with one attached hydrogen (secondary N) is 2. The Balaban J connectivity index is 1.74. The summed E-state index contributed by atoms with van der Waals surface area (Å²) in [5.74, 6) is -0.264. The number of rotatable bonds is 7. The smallest absolute Gasteiger partial charge is 0.240 e. The van der Waals surface area contributed by atoms with Gasteiger partial charge in [0.25, 0.3) is 0 Å². The minimum absolute atomic E-state index is 0.0217. The zero-order valence-electron chi connectivity index (χ0n) is 19.7. The van der Waals surface area contributed by atoms with Crippen LogP contribution in [0, 0.1) is 13.8 Å². The van der Waals surface area contributed by atoms with Gasteiger partial charge in [-0.3, -0.25) is 24.2 Å². The number of likely N-dealkylation sites (N-methyl/N-ethyl adjacent to an activating group) is 1. The summed E-state index contributed by atoms with van der Waals surface area (Å²) in [6.45, 7) is 13.2. The van der Waals surface area contributed by atoms with Crippen molar-refractivity contribution in [2.24, 2.45) is 0 Å². The van der Waals surface area contributed by atoms with Gasteiger partial charge in [-0.2, -0.15) is 0 Å². The number of carbonyl (C=O) groups is 3. The molecule has 2 N–H and O–H groups in total. The number of anilines is 1. The van der Waals surface area contributed by atoms with Crippen LogP contribution in [0.2, 0.25) is 0 Å². The third-order valence-corrected chi connectivity index (χ3v) is 5.26. The molecule has 31 heavy (non-hydrogen) atoms. The van der Waals surface area contributed by atoms with Gasteiger partial charge in [0.15, 0.2) is 0 Å². The first-order valence-corrected chi connectivity index (χ1v) is 10.8. The zero-order valence-corrected chi connectivity index (χ0v) is 19.7. The lowest BCUT2D eigenvalue weighted by Crippen LogP contribution is -2.52. The van der Waals surface area contributed by atoms with E-state index in [9.17, 15) is 14.4 Å². The summed E-state index contributed by atoms with van der Waals surface area (Å²) in [4.78, 5) is 42.6. The average Bonchev–Trinajstić information content (AvgIpc) is 2.64. The molecule has 2 rings (SSSR count). The van der Waals surface area contributed by atoms with Crippen molar-refractivity contribution in [1.82, 2.24) is 20.0 Å². The Morgan fingerprint density at radius 1 is 0.935 bits per heavy atom. The van der Waals surface area contributed by atoms with Crippen molar-refractivity contribution in [3.05, 3.63) is 29.3 Å². The van der Waals surface area contributed by atoms with Gasteiger partial charge in [-0.15, -0.1) is 0 Å². The third kappa shape index (κ3) is 8.30. The van der Waals surface area contributed by atoms with Gasteiger partial charge in [-0.1, -0.05) is 18.2 Å². The summed E-state index contributed by atoms with van der Waals surface area (Å²) in [5, 5.41) is 5.89. The number of benzene rings is 1. The predicted octanol–water partition coefficient (Wildman–Crippen LogP) is 1.23. The van der Waals surface area contributed by atoms with E-state index in [1.54, 1.807) is 7.05 Å². The number of carbonyl (C=O) groups excluding carboxylic acids is 3. The highest BCUT2D eigenvalue weighted by Gasteiger charge is 2.23. The molecular weight excluding hydrogens is 394 g/mol. The van der Waals surface area contributed by atoms with E-state index >= 15 is 0 Å². The van der Waals surface area contributed by atoms with E-state index in [1.165, 1.54) is 4.90 Å². The summed E-state index contributed by atoms with van der Waals surface area (Å²) in [6.07, 6.45) is 0. The van der Waals surface area contributed by atoms with Crippen molar-refractivity contribution in [2.75, 3.05) is 58.2 Å². The van der Waals surface area contributed by atoms with Crippen molar-refractivity contribution >= 4 is 23.4 Å². The first-order chi connectivity index (χ1) is 14.4. The molecule has 0 saturated carbocycles. The van der Waals surface area contributed by atoms with Crippen LogP contribution in [0.5, 0.6) is 0 Å². The molecule has 1 aromatic rings. The number of nitrogens with zero attached hydrogens (tertiary/aromatic N) is 3. The molecular formula is C23H37N5O3. The van der Waals surface area contributed by atoms with Crippen molar-refractivity contribution in [3.8, 4) is 0 Å². The Bertz CT molecular complexity index is 775. The Hall–Kier alpha value is -2.45. The third-order valence-electron chi connectivity index (χ3n) is 5.26. The van der Waals surface area contributed by atoms with Crippen LogP contribution in [0.3, 0.4) is 0 Å². The molecule has 1 aromatic carbocycles. The Kier molecular flexibility index (Phi) is 8.59. The minimum atomic E-state index is -0.318. The second kappa shape index (κ2) is 10.7. The number of piperazine rings is 1. The fraction of sp³-hybridized carbons (Fsp3) is 0.609. The molecule has 0 atom stereocenters. The maximum Gasteiger partial charge on any atom is 0.240 e. The molecule has 0 aromatic heterocycles. The summed E-state index contributed by atoms with van der Waals surface area (Å²) >= 11 is 0. The van der Waals surface area contributed by atoms with Crippen molar-refractivity contribution in [1.29, 1.82) is 0 Å². The SMILES string of the molecule is Cc1cccc(C)c1NC(=O)CN1CCN(CC(=O)N(C)CC(=O)NC(C)(C)C)CC1. The maximum absolute atomic E-state index is 12.5. The lowest BCUT2D eigenvalue weighted by Gasteiger charge is -2.34. The van der Waals surface area contributed by atoms with Crippen molar-refractivity contribution < 1.29 is 14.4 Å². The van der Waals surface area contributed by atoms with E-state index in [-0.39, 0.29) is 36.3 Å². The lowest BCUT2D eigenvalue weighted by molar-refractivity contribution is -0.136. The highest BCUT2D eigenvalue weighted by Crippen LogP contribution is 2.19. The van der Waals surface area contributed by atoms with Crippen LogP contribution in [-0.2, 0) is 14.4 Å². The van der Waals surface area contributed by atoms with E-state index in [2.05, 4.69) is 20.4 Å². The molecule has 0 spiro atoms. The van der Waals surface area contributed by atoms with Crippen LogP contribution in [0.1, 0.15) is 31.9 Å². The molecule has 172 valence electrons. The van der Waals surface area contributed by atoms with Gasteiger partial charge >= 0.3 is 0 Å². The number of hydrogen-bond donors (Lipinski definition) is 2. The molecule has 1 saturated heterocycles. The van der Waals surface area contributed by atoms with E-state index in [0.717, 1.165) is 29.9 Å². The number of aryl methyl sites for hydroxylation is 2. The Morgan fingerprint density at radius 3 is 1.97 bits per heavy atom. The summed E-state index contributed by atoms with van der Waals surface area (Å²) in [6, 6.07) is 5.96. The monoisotopic (exact) mass is 431 g/mol. The second-order valence-corrected chi connectivity index (χ2v) is 9.42. The second-order valence-electron chi connectivity index (χ2n) is 9.42. The predicted molar refractivity (Wildman–Crippen MR) is 123 cm³/mol. The molecule has 0 bridgehead atoms. The molecule has 0 unspecified atom stereocenters. The van der Waals surface area contributed by atoms with Crippen LogP contribution in [0.15, 0.2) is 18.2 Å². The van der Waals surface area contributed by atoms with Gasteiger partial charge in [0.05, 0.1) is 19.6 Å². The molecule has 0 radical (unpaired) electrons. The van der Waals surface area contributed by atoms with Crippen molar-refractivity contribution in [2.45, 2.75) is 40.2 Å². The topological polar surface area (TPSA) is 85.0 Å². The standard InChI is InChI=1S/C23H37N5O3/c1-17-8-7-9-18(2)22(17)24-19(29)15-27-10-12-28(13-11-27)16-21(31)26(6)14-20(30)25-23(3,4)5/h7-9H,10-16H2,1-6H3,(H,24,29)(H,25,30). The molecule has 8 heteroatoms. The average molecular weight is 432 g/mol. The fourth-order valence-electron chi connectivity index (χ4n) is 3.57. The van der Waals surface area contributed by atoms with Crippen LogP contribution < -0.4 is 10.6 Å². The molecule has 3 amide bonds. The molecule has 1 fully saturated rings. The van der Waals surface area contributed by atoms with Crippen molar-refractivity contribution in [3.63, 3.8) is 0 Å². The van der Waals surface area contributed by atoms with Gasteiger partial charge in [-0.25, -0.2) is 0 Å². The Morgan fingerprint density at radius 2 is 1.45 bits per heavy atom.